The van der Waals surface area contributed by atoms with Crippen LogP contribution in [-0.4, -0.2) is 57.1 Å². The summed E-state index contributed by atoms with van der Waals surface area (Å²) >= 11 is 0. The zero-order valence-corrected chi connectivity index (χ0v) is 12.8. The van der Waals surface area contributed by atoms with Crippen LogP contribution in [0.3, 0.4) is 0 Å². The molecule has 1 fully saturated rings. The maximum atomic E-state index is 13.0. The third-order valence-corrected chi connectivity index (χ3v) is 3.79. The van der Waals surface area contributed by atoms with Crippen molar-refractivity contribution >= 4 is 11.7 Å². The van der Waals surface area contributed by atoms with E-state index >= 15 is 0 Å². The molecule has 25 heavy (non-hydrogen) atoms. The van der Waals surface area contributed by atoms with Crippen molar-refractivity contribution < 1.29 is 47.9 Å². The van der Waals surface area contributed by atoms with Crippen LogP contribution < -0.4 is 10.5 Å². The zero-order chi connectivity index (χ0) is 19.1. The molecule has 5 atom stereocenters. The molecule has 0 amide bonds. The number of carbonyl (C=O) groups is 1. The first kappa shape index (κ1) is 19.2. The molecule has 11 heteroatoms. The second-order valence-electron chi connectivity index (χ2n) is 5.51. The molecular weight excluding hydrogens is 351 g/mol. The molecule has 1 aliphatic rings. The first-order valence-corrected chi connectivity index (χ1v) is 7.00. The summed E-state index contributed by atoms with van der Waals surface area (Å²) in [6, 6.07) is 1.68. The molecule has 0 spiro atoms. The van der Waals surface area contributed by atoms with E-state index in [4.69, 9.17) is 20.3 Å². The largest absolute Gasteiger partial charge is 0.479 e. The number of carboxylic acid groups (broad SMARTS) is 1. The quantitative estimate of drug-likeness (QED) is 0.465. The van der Waals surface area contributed by atoms with E-state index in [1.54, 1.807) is 0 Å². The normalized spacial score (nSPS) is 30.1. The molecule has 0 saturated carbocycles. The van der Waals surface area contributed by atoms with Crippen molar-refractivity contribution in [2.45, 2.75) is 43.8 Å². The Morgan fingerprint density at radius 3 is 2.32 bits per heavy atom. The number of rotatable bonds is 3. The second-order valence-corrected chi connectivity index (χ2v) is 5.51. The predicted molar refractivity (Wildman–Crippen MR) is 75.5 cm³/mol. The highest BCUT2D eigenvalue weighted by Crippen LogP contribution is 2.39. The van der Waals surface area contributed by atoms with Crippen molar-refractivity contribution in [1.82, 2.24) is 0 Å². The molecule has 1 saturated heterocycles. The van der Waals surface area contributed by atoms with E-state index in [1.807, 2.05) is 0 Å². The van der Waals surface area contributed by atoms with E-state index in [0.29, 0.717) is 0 Å². The molecule has 1 aromatic rings. The summed E-state index contributed by atoms with van der Waals surface area (Å²) in [6.45, 7) is 1.07. The average Bonchev–Trinajstić information content (AvgIpc) is 2.49. The van der Waals surface area contributed by atoms with E-state index in [-0.39, 0.29) is 5.69 Å². The summed E-state index contributed by atoms with van der Waals surface area (Å²) in [7, 11) is 0. The van der Waals surface area contributed by atoms with Crippen LogP contribution in [0.4, 0.5) is 18.9 Å². The number of carboxylic acids is 1. The summed E-state index contributed by atoms with van der Waals surface area (Å²) in [5.74, 6) is -2.13. The first-order chi connectivity index (χ1) is 11.4. The van der Waals surface area contributed by atoms with Crippen molar-refractivity contribution in [2.24, 2.45) is 0 Å². The maximum Gasteiger partial charge on any atom is 0.416 e. The fraction of sp³-hybridized carbons (Fsp3) is 0.500. The Bertz CT molecular complexity index is 667. The van der Waals surface area contributed by atoms with Gasteiger partial charge in [0.15, 0.2) is 6.10 Å². The molecule has 0 bridgehead atoms. The molecule has 6 N–H and O–H groups in total. The van der Waals surface area contributed by atoms with Crippen LogP contribution in [0.1, 0.15) is 11.1 Å². The number of hydrogen-bond donors (Lipinski definition) is 5. The Kier molecular flexibility index (Phi) is 5.14. The van der Waals surface area contributed by atoms with E-state index < -0.39 is 59.7 Å². The Hall–Kier alpha value is -2.08. The minimum Gasteiger partial charge on any atom is -0.479 e. The number of ether oxygens (including phenoxy) is 2. The number of anilines is 1. The summed E-state index contributed by atoms with van der Waals surface area (Å²) in [5, 5.41) is 38.1. The number of nitrogens with two attached hydrogens (primary N) is 1. The van der Waals surface area contributed by atoms with Gasteiger partial charge >= 0.3 is 12.1 Å². The van der Waals surface area contributed by atoms with Gasteiger partial charge in [-0.3, -0.25) is 0 Å². The molecule has 8 nitrogen and oxygen atoms in total. The summed E-state index contributed by atoms with van der Waals surface area (Å²) < 4.78 is 48.9. The highest BCUT2D eigenvalue weighted by molar-refractivity contribution is 5.73. The van der Waals surface area contributed by atoms with E-state index in [2.05, 4.69) is 0 Å². The molecule has 0 aliphatic carbocycles. The van der Waals surface area contributed by atoms with E-state index in [0.717, 1.165) is 19.1 Å². The van der Waals surface area contributed by atoms with E-state index in [9.17, 15) is 33.3 Å². The number of hydrogen-bond acceptors (Lipinski definition) is 7. The Labute approximate surface area is 139 Å². The number of benzene rings is 1. The smallest absolute Gasteiger partial charge is 0.416 e. The lowest BCUT2D eigenvalue weighted by Crippen LogP contribution is -2.61. The highest BCUT2D eigenvalue weighted by atomic mass is 19.4. The second kappa shape index (κ2) is 6.67. The van der Waals surface area contributed by atoms with E-state index in [1.165, 1.54) is 0 Å². The minimum atomic E-state index is -4.69. The zero-order valence-electron chi connectivity index (χ0n) is 12.8. The summed E-state index contributed by atoms with van der Waals surface area (Å²) in [6.07, 6.45) is -14.3. The van der Waals surface area contributed by atoms with Crippen molar-refractivity contribution in [1.29, 1.82) is 0 Å². The molecule has 1 heterocycles. The number of aliphatic hydroxyl groups is 3. The van der Waals surface area contributed by atoms with Crippen molar-refractivity contribution in [3.05, 3.63) is 23.3 Å². The molecule has 0 unspecified atom stereocenters. The highest BCUT2D eigenvalue weighted by Gasteiger charge is 2.48. The van der Waals surface area contributed by atoms with Crippen LogP contribution in [0.25, 0.3) is 0 Å². The van der Waals surface area contributed by atoms with Gasteiger partial charge in [0, 0.05) is 5.56 Å². The molecular formula is C14H16F3NO7. The molecule has 0 radical (unpaired) electrons. The number of aliphatic carboxylic acids is 1. The molecule has 1 aromatic carbocycles. The van der Waals surface area contributed by atoms with Crippen LogP contribution in [0, 0.1) is 6.92 Å². The first-order valence-electron chi connectivity index (χ1n) is 7.00. The van der Waals surface area contributed by atoms with Crippen molar-refractivity contribution in [3.8, 4) is 5.75 Å². The van der Waals surface area contributed by atoms with Gasteiger partial charge in [0.25, 0.3) is 0 Å². The lowest BCUT2D eigenvalue weighted by molar-refractivity contribution is -0.271. The fourth-order valence-electron chi connectivity index (χ4n) is 2.44. The fourth-order valence-corrected chi connectivity index (χ4v) is 2.44. The van der Waals surface area contributed by atoms with Crippen molar-refractivity contribution in [3.63, 3.8) is 0 Å². The molecule has 140 valence electrons. The van der Waals surface area contributed by atoms with Gasteiger partial charge in [0.05, 0.1) is 11.3 Å². The van der Waals surface area contributed by atoms with Crippen LogP contribution in [0.2, 0.25) is 0 Å². The SMILES string of the molecule is Cc1c(C(F)(F)F)ccc(N)c1O[C@@H]1O[C@H](C(=O)O)[C@@H](O)[C@H](O)[C@H]1O. The van der Waals surface area contributed by atoms with Gasteiger partial charge in [0.2, 0.25) is 6.29 Å². The van der Waals surface area contributed by atoms with Gasteiger partial charge in [-0.2, -0.15) is 13.2 Å². The van der Waals surface area contributed by atoms with Gasteiger partial charge in [-0.1, -0.05) is 0 Å². The lowest BCUT2D eigenvalue weighted by Gasteiger charge is -2.38. The average molecular weight is 367 g/mol. The summed E-state index contributed by atoms with van der Waals surface area (Å²) in [4.78, 5) is 11.0. The Morgan fingerprint density at radius 2 is 1.80 bits per heavy atom. The topological polar surface area (TPSA) is 142 Å². The third-order valence-electron chi connectivity index (χ3n) is 3.79. The number of halogens is 3. The van der Waals surface area contributed by atoms with Gasteiger partial charge < -0.3 is 35.6 Å². The maximum absolute atomic E-state index is 13.0. The molecule has 2 rings (SSSR count). The number of nitrogen functional groups attached to an aromatic ring is 1. The van der Waals surface area contributed by atoms with Crippen LogP contribution in [0.5, 0.6) is 5.75 Å². The minimum absolute atomic E-state index is 0.214. The van der Waals surface area contributed by atoms with Crippen LogP contribution >= 0.6 is 0 Å². The van der Waals surface area contributed by atoms with Gasteiger partial charge in [-0.25, -0.2) is 4.79 Å². The molecule has 1 aliphatic heterocycles. The molecule has 0 aromatic heterocycles. The van der Waals surface area contributed by atoms with Gasteiger partial charge in [-0.15, -0.1) is 0 Å². The Balaban J connectivity index is 2.37. The number of alkyl halides is 3. The van der Waals surface area contributed by atoms with Crippen LogP contribution in [0.15, 0.2) is 12.1 Å². The monoisotopic (exact) mass is 367 g/mol. The Morgan fingerprint density at radius 1 is 1.20 bits per heavy atom. The van der Waals surface area contributed by atoms with Gasteiger partial charge in [-0.05, 0) is 19.1 Å². The van der Waals surface area contributed by atoms with Gasteiger partial charge in [0.1, 0.15) is 24.1 Å². The predicted octanol–water partition coefficient (Wildman–Crippen LogP) is -0.133. The third kappa shape index (κ3) is 3.63. The van der Waals surface area contributed by atoms with Crippen molar-refractivity contribution in [2.75, 3.05) is 5.73 Å². The summed E-state index contributed by atoms with van der Waals surface area (Å²) in [5.41, 5.74) is 3.93. The van der Waals surface area contributed by atoms with Crippen LogP contribution in [-0.2, 0) is 15.7 Å². The number of aliphatic hydroxyl groups excluding tert-OH is 3. The standard InChI is InChI=1S/C14H16F3NO7/c1-4-5(14(15,16)17)2-3-6(18)10(4)24-13-9(21)7(19)8(20)11(25-13)12(22)23/h2-3,7-9,11,13,19-21H,18H2,1H3,(H,22,23)/t7-,8-,9+,11-,13+/m0/s1. The lowest BCUT2D eigenvalue weighted by atomic mass is 9.99.